The van der Waals surface area contributed by atoms with Crippen LogP contribution in [0.25, 0.3) is 0 Å². The molecule has 0 spiro atoms. The second kappa shape index (κ2) is 13.8. The van der Waals surface area contributed by atoms with Crippen molar-refractivity contribution in [2.75, 3.05) is 45.2 Å². The molecule has 1 aromatic rings. The third kappa shape index (κ3) is 10.6. The Labute approximate surface area is 205 Å². The van der Waals surface area contributed by atoms with E-state index in [1.165, 1.54) is 6.26 Å². The van der Waals surface area contributed by atoms with Crippen molar-refractivity contribution in [3.63, 3.8) is 0 Å². The lowest BCUT2D eigenvalue weighted by atomic mass is 9.90. The quantitative estimate of drug-likeness (QED) is 0.239. The molecule has 0 radical (unpaired) electrons. The summed E-state index contributed by atoms with van der Waals surface area (Å²) in [4.78, 5) is 6.68. The Hall–Kier alpha value is -0.580. The van der Waals surface area contributed by atoms with Gasteiger partial charge in [0, 0.05) is 31.4 Å². The molecule has 0 aliphatic carbocycles. The van der Waals surface area contributed by atoms with Crippen molar-refractivity contribution in [1.29, 1.82) is 0 Å². The van der Waals surface area contributed by atoms with Gasteiger partial charge >= 0.3 is 0 Å². The average Bonchev–Trinajstić information content (AvgIpc) is 2.66. The highest BCUT2D eigenvalue weighted by molar-refractivity contribution is 14.0. The molecule has 1 atom stereocenters. The van der Waals surface area contributed by atoms with Crippen LogP contribution in [0.5, 0.6) is 0 Å². The molecule has 1 rings (SSSR count). The molecule has 0 aromatic heterocycles. The highest BCUT2D eigenvalue weighted by atomic mass is 127. The van der Waals surface area contributed by atoms with Gasteiger partial charge in [-0.25, -0.2) is 8.42 Å². The normalized spacial score (nSPS) is 13.7. The lowest BCUT2D eigenvalue weighted by Crippen LogP contribution is -2.45. The molecule has 1 aromatic carbocycles. The number of sulfone groups is 1. The minimum absolute atomic E-state index is 0. The third-order valence-corrected chi connectivity index (χ3v) is 6.38. The molecule has 6 nitrogen and oxygen atoms in total. The second-order valence-electron chi connectivity index (χ2n) is 8.11. The molecule has 1 unspecified atom stereocenters. The zero-order chi connectivity index (χ0) is 22.1. The van der Waals surface area contributed by atoms with Crippen molar-refractivity contribution in [2.24, 2.45) is 10.4 Å². The summed E-state index contributed by atoms with van der Waals surface area (Å²) in [5.74, 6) is 0.881. The van der Waals surface area contributed by atoms with Crippen molar-refractivity contribution in [3.05, 3.63) is 34.9 Å². The summed E-state index contributed by atoms with van der Waals surface area (Å²) in [6.07, 6.45) is 1.87. The minimum atomic E-state index is -2.96. The van der Waals surface area contributed by atoms with E-state index in [-0.39, 0.29) is 41.2 Å². The van der Waals surface area contributed by atoms with Gasteiger partial charge in [0.05, 0.1) is 11.8 Å². The van der Waals surface area contributed by atoms with E-state index in [1.54, 1.807) is 7.05 Å². The molecule has 9 heteroatoms. The largest absolute Gasteiger partial charge is 0.356 e. The van der Waals surface area contributed by atoms with Crippen LogP contribution in [0.2, 0.25) is 5.02 Å². The summed E-state index contributed by atoms with van der Waals surface area (Å²) in [6.45, 7) is 11.5. The van der Waals surface area contributed by atoms with Gasteiger partial charge in [0.15, 0.2) is 5.96 Å². The zero-order valence-corrected chi connectivity index (χ0v) is 22.9. The predicted molar refractivity (Wildman–Crippen MR) is 140 cm³/mol. The molecular formula is C21H38ClIN4O2S. The maximum Gasteiger partial charge on any atom is 0.191 e. The van der Waals surface area contributed by atoms with Gasteiger partial charge in [-0.3, -0.25) is 9.89 Å². The van der Waals surface area contributed by atoms with Crippen LogP contribution in [-0.4, -0.2) is 64.5 Å². The van der Waals surface area contributed by atoms with Crippen LogP contribution in [0.15, 0.2) is 29.3 Å². The van der Waals surface area contributed by atoms with E-state index in [0.717, 1.165) is 23.7 Å². The molecule has 2 N–H and O–H groups in total. The number of rotatable bonds is 11. The first-order chi connectivity index (χ1) is 13.5. The molecule has 0 heterocycles. The average molecular weight is 573 g/mol. The van der Waals surface area contributed by atoms with Crippen molar-refractivity contribution in [1.82, 2.24) is 15.5 Å². The predicted octanol–water partition coefficient (Wildman–Crippen LogP) is 3.97. The van der Waals surface area contributed by atoms with Crippen molar-refractivity contribution >= 4 is 51.4 Å². The van der Waals surface area contributed by atoms with E-state index in [4.69, 9.17) is 11.6 Å². The van der Waals surface area contributed by atoms with Crippen LogP contribution in [0, 0.1) is 5.41 Å². The molecule has 0 aliphatic rings. The number of hydrogen-bond donors (Lipinski definition) is 2. The van der Waals surface area contributed by atoms with Gasteiger partial charge in [0.25, 0.3) is 0 Å². The Morgan fingerprint density at radius 1 is 1.20 bits per heavy atom. The fraction of sp³-hybridized carbons (Fsp3) is 0.667. The maximum absolute atomic E-state index is 11.5. The number of nitrogens with one attached hydrogen (secondary N) is 2. The van der Waals surface area contributed by atoms with Crippen LogP contribution in [-0.2, 0) is 9.84 Å². The monoisotopic (exact) mass is 572 g/mol. The van der Waals surface area contributed by atoms with Gasteiger partial charge in [0.1, 0.15) is 9.84 Å². The molecule has 30 heavy (non-hydrogen) atoms. The number of guanidine groups is 1. The SMILES string of the molecule is CCN(CC)C(CNC(=NC)NCC(C)(C)CCS(C)(=O)=O)c1ccccc1Cl.I. The Kier molecular flexibility index (Phi) is 13.5. The second-order valence-corrected chi connectivity index (χ2v) is 10.8. The molecule has 0 amide bonds. The number of likely N-dealkylation sites (N-methyl/N-ethyl adjacent to an activating group) is 1. The zero-order valence-electron chi connectivity index (χ0n) is 19.0. The molecular weight excluding hydrogens is 535 g/mol. The van der Waals surface area contributed by atoms with Gasteiger partial charge in [-0.05, 0) is 36.6 Å². The standard InChI is InChI=1S/C21H37ClN4O2S.HI/c1-7-26(8-2)19(17-11-9-10-12-18(17)22)15-24-20(23-5)25-16-21(3,4)13-14-29(6,27)28;/h9-12,19H,7-8,13-16H2,1-6H3,(H2,23,24,25);1H. The number of nitrogens with zero attached hydrogens (tertiary/aromatic N) is 2. The highest BCUT2D eigenvalue weighted by Crippen LogP contribution is 2.27. The van der Waals surface area contributed by atoms with Crippen molar-refractivity contribution in [3.8, 4) is 0 Å². The molecule has 0 saturated carbocycles. The maximum atomic E-state index is 11.5. The molecule has 0 fully saturated rings. The van der Waals surface area contributed by atoms with Crippen LogP contribution in [0.1, 0.15) is 45.7 Å². The van der Waals surface area contributed by atoms with Crippen LogP contribution in [0.3, 0.4) is 0 Å². The summed E-state index contributed by atoms with van der Waals surface area (Å²) < 4.78 is 22.9. The lowest BCUT2D eigenvalue weighted by Gasteiger charge is -2.32. The minimum Gasteiger partial charge on any atom is -0.356 e. The van der Waals surface area contributed by atoms with E-state index in [1.807, 2.05) is 18.2 Å². The van der Waals surface area contributed by atoms with Crippen LogP contribution >= 0.6 is 35.6 Å². The van der Waals surface area contributed by atoms with Crippen LogP contribution < -0.4 is 10.6 Å². The van der Waals surface area contributed by atoms with Gasteiger partial charge < -0.3 is 10.6 Å². The number of aliphatic imine (C=N–C) groups is 1. The summed E-state index contributed by atoms with van der Waals surface area (Å²) in [7, 11) is -1.23. The van der Waals surface area contributed by atoms with Crippen molar-refractivity contribution < 1.29 is 8.42 Å². The van der Waals surface area contributed by atoms with E-state index in [0.29, 0.717) is 25.5 Å². The Morgan fingerprint density at radius 3 is 2.30 bits per heavy atom. The molecule has 174 valence electrons. The van der Waals surface area contributed by atoms with Crippen LogP contribution in [0.4, 0.5) is 0 Å². The molecule has 0 saturated heterocycles. The lowest BCUT2D eigenvalue weighted by molar-refractivity contribution is 0.219. The summed E-state index contributed by atoms with van der Waals surface area (Å²) in [5, 5.41) is 7.50. The summed E-state index contributed by atoms with van der Waals surface area (Å²) >= 11 is 6.47. The van der Waals surface area contributed by atoms with Crippen molar-refractivity contribution in [2.45, 2.75) is 40.2 Å². The van der Waals surface area contributed by atoms with Gasteiger partial charge in [-0.1, -0.05) is 57.5 Å². The summed E-state index contributed by atoms with van der Waals surface area (Å²) in [5.41, 5.74) is 0.927. The van der Waals surface area contributed by atoms with Gasteiger partial charge in [-0.2, -0.15) is 0 Å². The van der Waals surface area contributed by atoms with Gasteiger partial charge in [-0.15, -0.1) is 24.0 Å². The number of halogens is 2. The third-order valence-electron chi connectivity index (χ3n) is 5.09. The van der Waals surface area contributed by atoms with E-state index in [2.05, 4.69) is 54.3 Å². The highest BCUT2D eigenvalue weighted by Gasteiger charge is 2.23. The Balaban J connectivity index is 0.00000841. The van der Waals surface area contributed by atoms with E-state index in [9.17, 15) is 8.42 Å². The first-order valence-electron chi connectivity index (χ1n) is 10.1. The number of benzene rings is 1. The van der Waals surface area contributed by atoms with E-state index >= 15 is 0 Å². The summed E-state index contributed by atoms with van der Waals surface area (Å²) in [6, 6.07) is 8.06. The van der Waals surface area contributed by atoms with E-state index < -0.39 is 9.84 Å². The first kappa shape index (κ1) is 29.4. The Bertz CT molecular complexity index is 768. The topological polar surface area (TPSA) is 73.8 Å². The molecule has 0 aliphatic heterocycles. The smallest absolute Gasteiger partial charge is 0.191 e. The fourth-order valence-corrected chi connectivity index (χ4v) is 4.32. The van der Waals surface area contributed by atoms with Gasteiger partial charge in [0.2, 0.25) is 0 Å². The molecule has 0 bridgehead atoms. The number of hydrogen-bond acceptors (Lipinski definition) is 4. The Morgan fingerprint density at radius 2 is 1.80 bits per heavy atom. The first-order valence-corrected chi connectivity index (χ1v) is 12.6. The fourth-order valence-electron chi connectivity index (χ4n) is 3.13.